The van der Waals surface area contributed by atoms with Crippen molar-refractivity contribution in [1.29, 1.82) is 0 Å². The van der Waals surface area contributed by atoms with E-state index < -0.39 is 0 Å². The number of aromatic nitrogens is 1. The molecule has 0 N–H and O–H groups in total. The Morgan fingerprint density at radius 2 is 2.05 bits per heavy atom. The predicted octanol–water partition coefficient (Wildman–Crippen LogP) is 4.03. The number of azide groups is 1. The molecule has 5 heteroatoms. The van der Waals surface area contributed by atoms with Gasteiger partial charge in [0.15, 0.2) is 0 Å². The Hall–Kier alpha value is -2.26. The van der Waals surface area contributed by atoms with Crippen LogP contribution in [0, 0.1) is 0 Å². The third-order valence-electron chi connectivity index (χ3n) is 3.49. The van der Waals surface area contributed by atoms with Crippen molar-refractivity contribution in [2.45, 2.75) is 32.2 Å². The lowest BCUT2D eigenvalue weighted by molar-refractivity contribution is 0.387. The van der Waals surface area contributed by atoms with Crippen LogP contribution in [0.2, 0.25) is 0 Å². The maximum absolute atomic E-state index is 8.28. The summed E-state index contributed by atoms with van der Waals surface area (Å²) in [5, 5.41) is 7.50. The third kappa shape index (κ3) is 2.46. The van der Waals surface area contributed by atoms with Gasteiger partial charge in [-0.25, -0.2) is 0 Å². The minimum Gasteiger partial charge on any atom is -0.361 e. The molecule has 19 heavy (non-hydrogen) atoms. The zero-order valence-electron chi connectivity index (χ0n) is 10.5. The first-order chi connectivity index (χ1) is 9.36. The first-order valence-corrected chi connectivity index (χ1v) is 6.45. The Kier molecular flexibility index (Phi) is 3.21. The second-order valence-corrected chi connectivity index (χ2v) is 4.76. The molecule has 1 aromatic heterocycles. The van der Waals surface area contributed by atoms with E-state index in [0.717, 1.165) is 17.7 Å². The lowest BCUT2D eigenvalue weighted by Gasteiger charge is -2.15. The van der Waals surface area contributed by atoms with Crippen LogP contribution in [-0.4, -0.2) is 5.16 Å². The van der Waals surface area contributed by atoms with Crippen molar-refractivity contribution in [1.82, 2.24) is 5.16 Å². The SMILES string of the molecule is [N-]=[N+]=NCc1cc(-c2ccc3c(c2)CCCC3)no1. The summed E-state index contributed by atoms with van der Waals surface area (Å²) in [5.74, 6) is 0.588. The normalized spacial score (nSPS) is 13.7. The van der Waals surface area contributed by atoms with E-state index in [1.54, 1.807) is 0 Å². The minimum atomic E-state index is 0.203. The van der Waals surface area contributed by atoms with E-state index in [-0.39, 0.29) is 6.54 Å². The smallest absolute Gasteiger partial charge is 0.143 e. The molecule has 1 aromatic carbocycles. The summed E-state index contributed by atoms with van der Waals surface area (Å²) in [6.45, 7) is 0.203. The molecule has 2 aromatic rings. The quantitative estimate of drug-likeness (QED) is 0.471. The summed E-state index contributed by atoms with van der Waals surface area (Å²) < 4.78 is 5.15. The largest absolute Gasteiger partial charge is 0.361 e. The van der Waals surface area contributed by atoms with Crippen LogP contribution in [0.25, 0.3) is 21.7 Å². The number of aryl methyl sites for hydroxylation is 2. The van der Waals surface area contributed by atoms with Gasteiger partial charge in [0.25, 0.3) is 0 Å². The molecule has 0 radical (unpaired) electrons. The van der Waals surface area contributed by atoms with E-state index in [0.29, 0.717) is 5.76 Å². The second-order valence-electron chi connectivity index (χ2n) is 4.76. The highest BCUT2D eigenvalue weighted by molar-refractivity contribution is 5.61. The van der Waals surface area contributed by atoms with E-state index in [2.05, 4.69) is 33.4 Å². The average Bonchev–Trinajstić information content (AvgIpc) is 2.93. The molecule has 0 unspecified atom stereocenters. The van der Waals surface area contributed by atoms with Crippen molar-refractivity contribution in [3.05, 3.63) is 51.6 Å². The van der Waals surface area contributed by atoms with Gasteiger partial charge in [0.1, 0.15) is 11.5 Å². The van der Waals surface area contributed by atoms with Gasteiger partial charge in [-0.2, -0.15) is 0 Å². The predicted molar refractivity (Wildman–Crippen MR) is 71.4 cm³/mol. The summed E-state index contributed by atoms with van der Waals surface area (Å²) in [6, 6.07) is 8.30. The molecule has 0 amide bonds. The third-order valence-corrected chi connectivity index (χ3v) is 3.49. The number of benzene rings is 1. The van der Waals surface area contributed by atoms with Gasteiger partial charge in [0.2, 0.25) is 0 Å². The molecule has 1 aliphatic carbocycles. The standard InChI is InChI=1S/C14H14N4O/c15-18-16-9-13-8-14(17-19-13)12-6-5-10-3-1-2-4-11(10)7-12/h5-8H,1-4,9H2. The Balaban J connectivity index is 1.89. The minimum absolute atomic E-state index is 0.203. The van der Waals surface area contributed by atoms with E-state index in [1.807, 2.05) is 6.07 Å². The average molecular weight is 254 g/mol. The summed E-state index contributed by atoms with van der Waals surface area (Å²) >= 11 is 0. The Morgan fingerprint density at radius 1 is 1.21 bits per heavy atom. The number of hydrogen-bond donors (Lipinski definition) is 0. The van der Waals surface area contributed by atoms with Gasteiger partial charge in [0, 0.05) is 16.5 Å². The second kappa shape index (κ2) is 5.16. The lowest BCUT2D eigenvalue weighted by Crippen LogP contribution is -2.02. The summed E-state index contributed by atoms with van der Waals surface area (Å²) in [4.78, 5) is 2.71. The van der Waals surface area contributed by atoms with Gasteiger partial charge in [-0.1, -0.05) is 22.4 Å². The van der Waals surface area contributed by atoms with Crippen molar-refractivity contribution in [3.63, 3.8) is 0 Å². The van der Waals surface area contributed by atoms with Gasteiger partial charge in [-0.3, -0.25) is 0 Å². The highest BCUT2D eigenvalue weighted by Crippen LogP contribution is 2.27. The fourth-order valence-corrected chi connectivity index (χ4v) is 2.52. The van der Waals surface area contributed by atoms with Crippen LogP contribution in [-0.2, 0) is 19.4 Å². The number of nitrogens with zero attached hydrogens (tertiary/aromatic N) is 4. The van der Waals surface area contributed by atoms with Crippen LogP contribution in [0.3, 0.4) is 0 Å². The molecule has 1 heterocycles. The summed E-state index contributed by atoms with van der Waals surface area (Å²) in [5.41, 5.74) is 13.0. The molecular formula is C14H14N4O. The Morgan fingerprint density at radius 3 is 2.89 bits per heavy atom. The molecule has 0 saturated carbocycles. The maximum atomic E-state index is 8.28. The molecule has 1 aliphatic rings. The molecule has 5 nitrogen and oxygen atoms in total. The molecule has 0 fully saturated rings. The number of rotatable bonds is 3. The van der Waals surface area contributed by atoms with Crippen LogP contribution in [0.1, 0.15) is 29.7 Å². The maximum Gasteiger partial charge on any atom is 0.143 e. The zero-order chi connectivity index (χ0) is 13.1. The fraction of sp³-hybridized carbons (Fsp3) is 0.357. The van der Waals surface area contributed by atoms with Crippen molar-refractivity contribution < 1.29 is 4.52 Å². The monoisotopic (exact) mass is 254 g/mol. The van der Waals surface area contributed by atoms with E-state index >= 15 is 0 Å². The molecule has 0 aliphatic heterocycles. The highest BCUT2D eigenvalue weighted by Gasteiger charge is 2.12. The van der Waals surface area contributed by atoms with Crippen LogP contribution in [0.4, 0.5) is 0 Å². The molecule has 0 saturated heterocycles. The van der Waals surface area contributed by atoms with Gasteiger partial charge >= 0.3 is 0 Å². The first-order valence-electron chi connectivity index (χ1n) is 6.45. The molecule has 96 valence electrons. The molecular weight excluding hydrogens is 240 g/mol. The fourth-order valence-electron chi connectivity index (χ4n) is 2.52. The van der Waals surface area contributed by atoms with Gasteiger partial charge in [-0.05, 0) is 48.4 Å². The zero-order valence-corrected chi connectivity index (χ0v) is 10.5. The van der Waals surface area contributed by atoms with Gasteiger partial charge in [-0.15, -0.1) is 0 Å². The Labute approximate surface area is 110 Å². The van der Waals surface area contributed by atoms with E-state index in [9.17, 15) is 0 Å². The van der Waals surface area contributed by atoms with Crippen molar-refractivity contribution >= 4 is 0 Å². The van der Waals surface area contributed by atoms with Crippen molar-refractivity contribution in [2.24, 2.45) is 5.11 Å². The van der Waals surface area contributed by atoms with Crippen LogP contribution < -0.4 is 0 Å². The van der Waals surface area contributed by atoms with Gasteiger partial charge < -0.3 is 4.52 Å². The number of hydrogen-bond acceptors (Lipinski definition) is 3. The topological polar surface area (TPSA) is 74.8 Å². The van der Waals surface area contributed by atoms with Crippen molar-refractivity contribution in [3.8, 4) is 11.3 Å². The van der Waals surface area contributed by atoms with Crippen molar-refractivity contribution in [2.75, 3.05) is 0 Å². The summed E-state index contributed by atoms with van der Waals surface area (Å²) in [7, 11) is 0. The van der Waals surface area contributed by atoms with Gasteiger partial charge in [0.05, 0.1) is 6.54 Å². The van der Waals surface area contributed by atoms with E-state index in [1.165, 1.54) is 30.4 Å². The van der Waals surface area contributed by atoms with Crippen LogP contribution >= 0.6 is 0 Å². The molecule has 3 rings (SSSR count). The number of fused-ring (bicyclic) bond motifs is 1. The summed E-state index contributed by atoms with van der Waals surface area (Å²) in [6.07, 6.45) is 4.87. The molecule has 0 atom stereocenters. The van der Waals surface area contributed by atoms with Crippen LogP contribution in [0.15, 0.2) is 33.9 Å². The Bertz CT molecular complexity index is 641. The molecule has 0 bridgehead atoms. The van der Waals surface area contributed by atoms with E-state index in [4.69, 9.17) is 10.1 Å². The lowest BCUT2D eigenvalue weighted by atomic mass is 9.90. The highest BCUT2D eigenvalue weighted by atomic mass is 16.5. The molecule has 0 spiro atoms. The van der Waals surface area contributed by atoms with Crippen LogP contribution in [0.5, 0.6) is 0 Å². The first kappa shape index (κ1) is 11.8.